The molecule has 58 valence electrons. The van der Waals surface area contributed by atoms with Crippen LogP contribution in [0, 0.1) is 10.1 Å². The molecule has 0 spiro atoms. The van der Waals surface area contributed by atoms with Gasteiger partial charge in [-0.15, -0.1) is 0 Å². The molecule has 3 nitrogen and oxygen atoms in total. The van der Waals surface area contributed by atoms with Gasteiger partial charge in [-0.25, -0.2) is 0 Å². The molecule has 0 unspecified atom stereocenters. The van der Waals surface area contributed by atoms with E-state index in [2.05, 4.69) is 22.6 Å². The van der Waals surface area contributed by atoms with E-state index in [1.165, 1.54) is 6.07 Å². The average Bonchev–Trinajstić information content (AvgIpc) is 2.05. The summed E-state index contributed by atoms with van der Waals surface area (Å²) in [5.74, 6) is 0. The Kier molecular flexibility index (Phi) is 2.81. The molecule has 0 radical (unpaired) electrons. The van der Waals surface area contributed by atoms with Gasteiger partial charge < -0.3 is 0 Å². The Hall–Kier alpha value is -0.650. The van der Waals surface area contributed by atoms with Gasteiger partial charge in [0, 0.05) is 16.6 Å². The number of rotatable bonds is 2. The molecule has 1 aromatic rings. The van der Waals surface area contributed by atoms with Crippen LogP contribution in [0.1, 0.15) is 5.56 Å². The molecule has 0 atom stereocenters. The summed E-state index contributed by atoms with van der Waals surface area (Å²) in [5, 5.41) is 10.3. The van der Waals surface area contributed by atoms with Crippen LogP contribution in [0.3, 0.4) is 0 Å². The van der Waals surface area contributed by atoms with Gasteiger partial charge in [0.05, 0.1) is 4.92 Å². The van der Waals surface area contributed by atoms with Crippen LogP contribution in [0.25, 0.3) is 0 Å². The summed E-state index contributed by atoms with van der Waals surface area (Å²) < 4.78 is 0.805. The summed E-state index contributed by atoms with van der Waals surface area (Å²) in [6.07, 6.45) is 0. The Labute approximate surface area is 77.7 Å². The lowest BCUT2D eigenvalue weighted by Crippen LogP contribution is -1.88. The minimum Gasteiger partial charge on any atom is -0.258 e. The van der Waals surface area contributed by atoms with Gasteiger partial charge in [-0.05, 0) is 5.56 Å². The molecular formula is C7H6INO2. The van der Waals surface area contributed by atoms with E-state index in [1.54, 1.807) is 12.1 Å². The third-order valence-electron chi connectivity index (χ3n) is 1.28. The minimum atomic E-state index is -0.379. The molecule has 0 amide bonds. The number of halogens is 1. The fraction of sp³-hybridized carbons (Fsp3) is 0.143. The Morgan fingerprint density at radius 2 is 2.27 bits per heavy atom. The number of hydrogen-bond acceptors (Lipinski definition) is 2. The lowest BCUT2D eigenvalue weighted by atomic mass is 10.2. The van der Waals surface area contributed by atoms with Crippen LogP contribution in [0.4, 0.5) is 5.69 Å². The maximum absolute atomic E-state index is 10.3. The molecule has 0 N–H and O–H groups in total. The standard InChI is InChI=1S/C7H6INO2/c8-5-6-2-1-3-7(4-6)9(10)11/h1-4H,5H2. The fourth-order valence-electron chi connectivity index (χ4n) is 0.753. The summed E-state index contributed by atoms with van der Waals surface area (Å²) in [6.45, 7) is 0. The molecule has 0 aliphatic heterocycles. The molecule has 0 bridgehead atoms. The normalized spacial score (nSPS) is 9.55. The van der Waals surface area contributed by atoms with E-state index >= 15 is 0 Å². The van der Waals surface area contributed by atoms with E-state index in [0.29, 0.717) is 0 Å². The van der Waals surface area contributed by atoms with Gasteiger partial charge in [0.2, 0.25) is 0 Å². The van der Waals surface area contributed by atoms with Crippen molar-refractivity contribution in [2.45, 2.75) is 4.43 Å². The number of benzene rings is 1. The van der Waals surface area contributed by atoms with E-state index in [9.17, 15) is 10.1 Å². The van der Waals surface area contributed by atoms with Crippen molar-refractivity contribution >= 4 is 28.3 Å². The Balaban J connectivity index is 3.01. The first-order chi connectivity index (χ1) is 5.24. The highest BCUT2D eigenvalue weighted by Gasteiger charge is 2.03. The highest BCUT2D eigenvalue weighted by atomic mass is 127. The van der Waals surface area contributed by atoms with Crippen LogP contribution in [0.15, 0.2) is 24.3 Å². The van der Waals surface area contributed by atoms with Crippen LogP contribution in [-0.2, 0) is 4.43 Å². The summed E-state index contributed by atoms with van der Waals surface area (Å²) in [5.41, 5.74) is 1.15. The summed E-state index contributed by atoms with van der Waals surface area (Å²) >= 11 is 2.17. The van der Waals surface area contributed by atoms with Gasteiger partial charge in [-0.3, -0.25) is 10.1 Å². The Bertz CT molecular complexity index is 275. The SMILES string of the molecule is O=[N+]([O-])c1cccc(CI)c1. The monoisotopic (exact) mass is 263 g/mol. The summed E-state index contributed by atoms with van der Waals surface area (Å²) in [7, 11) is 0. The van der Waals surface area contributed by atoms with Gasteiger partial charge in [0.25, 0.3) is 5.69 Å². The van der Waals surface area contributed by atoms with Crippen molar-refractivity contribution in [3.05, 3.63) is 39.9 Å². The third kappa shape index (κ3) is 2.14. The van der Waals surface area contributed by atoms with Gasteiger partial charge in [0.1, 0.15) is 0 Å². The predicted octanol–water partition coefficient (Wildman–Crippen LogP) is 2.53. The highest BCUT2D eigenvalue weighted by molar-refractivity contribution is 14.1. The molecule has 0 heterocycles. The number of nitro groups is 1. The molecular weight excluding hydrogens is 257 g/mol. The largest absolute Gasteiger partial charge is 0.269 e. The molecule has 0 aromatic heterocycles. The van der Waals surface area contributed by atoms with Crippen LogP contribution >= 0.6 is 22.6 Å². The van der Waals surface area contributed by atoms with Crippen LogP contribution in [0.2, 0.25) is 0 Å². The molecule has 11 heavy (non-hydrogen) atoms. The summed E-state index contributed by atoms with van der Waals surface area (Å²) in [6, 6.07) is 6.66. The van der Waals surface area contributed by atoms with Gasteiger partial charge in [0.15, 0.2) is 0 Å². The lowest BCUT2D eigenvalue weighted by molar-refractivity contribution is -0.384. The zero-order chi connectivity index (χ0) is 8.27. The van der Waals surface area contributed by atoms with Gasteiger partial charge >= 0.3 is 0 Å². The first kappa shape index (κ1) is 8.45. The quantitative estimate of drug-likeness (QED) is 0.356. The first-order valence-corrected chi connectivity index (χ1v) is 4.56. The minimum absolute atomic E-state index is 0.166. The van der Waals surface area contributed by atoms with Crippen LogP contribution in [-0.4, -0.2) is 4.92 Å². The van der Waals surface area contributed by atoms with Crippen LogP contribution < -0.4 is 0 Å². The lowest BCUT2D eigenvalue weighted by Gasteiger charge is -1.93. The second-order valence-corrected chi connectivity index (χ2v) is 2.82. The number of non-ortho nitro benzene ring substituents is 1. The first-order valence-electron chi connectivity index (χ1n) is 3.03. The Morgan fingerprint density at radius 1 is 1.55 bits per heavy atom. The molecule has 1 aromatic carbocycles. The van der Waals surface area contributed by atoms with E-state index in [1.807, 2.05) is 6.07 Å². The highest BCUT2D eigenvalue weighted by Crippen LogP contribution is 2.14. The van der Waals surface area contributed by atoms with Gasteiger partial charge in [-0.2, -0.15) is 0 Å². The molecule has 0 fully saturated rings. The molecule has 4 heteroatoms. The summed E-state index contributed by atoms with van der Waals surface area (Å²) in [4.78, 5) is 9.89. The van der Waals surface area contributed by atoms with Crippen molar-refractivity contribution in [1.82, 2.24) is 0 Å². The average molecular weight is 263 g/mol. The molecule has 0 aliphatic carbocycles. The number of hydrogen-bond donors (Lipinski definition) is 0. The molecule has 1 rings (SSSR count). The zero-order valence-electron chi connectivity index (χ0n) is 5.66. The van der Waals surface area contributed by atoms with Crippen molar-refractivity contribution in [2.75, 3.05) is 0 Å². The number of nitrogens with zero attached hydrogens (tertiary/aromatic N) is 1. The van der Waals surface area contributed by atoms with Crippen LogP contribution in [0.5, 0.6) is 0 Å². The molecule has 0 aliphatic rings. The smallest absolute Gasteiger partial charge is 0.258 e. The third-order valence-corrected chi connectivity index (χ3v) is 2.16. The van der Waals surface area contributed by atoms with Crippen molar-refractivity contribution in [1.29, 1.82) is 0 Å². The molecule has 0 saturated heterocycles. The van der Waals surface area contributed by atoms with Crippen molar-refractivity contribution in [3.8, 4) is 0 Å². The van der Waals surface area contributed by atoms with Crippen molar-refractivity contribution < 1.29 is 4.92 Å². The number of alkyl halides is 1. The predicted molar refractivity (Wildman–Crippen MR) is 50.8 cm³/mol. The fourth-order valence-corrected chi connectivity index (χ4v) is 1.23. The second kappa shape index (κ2) is 3.66. The number of nitro benzene ring substituents is 1. The van der Waals surface area contributed by atoms with Gasteiger partial charge in [-0.1, -0.05) is 34.7 Å². The zero-order valence-corrected chi connectivity index (χ0v) is 7.82. The van der Waals surface area contributed by atoms with E-state index in [4.69, 9.17) is 0 Å². The Morgan fingerprint density at radius 3 is 2.82 bits per heavy atom. The second-order valence-electron chi connectivity index (χ2n) is 2.06. The topological polar surface area (TPSA) is 43.1 Å². The van der Waals surface area contributed by atoms with Crippen molar-refractivity contribution in [2.24, 2.45) is 0 Å². The maximum atomic E-state index is 10.3. The maximum Gasteiger partial charge on any atom is 0.269 e. The molecule has 0 saturated carbocycles. The van der Waals surface area contributed by atoms with E-state index in [-0.39, 0.29) is 10.6 Å². The van der Waals surface area contributed by atoms with E-state index in [0.717, 1.165) is 9.99 Å². The van der Waals surface area contributed by atoms with Crippen molar-refractivity contribution in [3.63, 3.8) is 0 Å². The van der Waals surface area contributed by atoms with E-state index < -0.39 is 0 Å².